The van der Waals surface area contributed by atoms with Gasteiger partial charge < -0.3 is 15.7 Å². The maximum atomic E-state index is 12.0. The van der Waals surface area contributed by atoms with Gasteiger partial charge in [0, 0.05) is 25.2 Å². The fourth-order valence-corrected chi connectivity index (χ4v) is 4.30. The first-order valence-electron chi connectivity index (χ1n) is 8.16. The van der Waals surface area contributed by atoms with Crippen LogP contribution in [-0.4, -0.2) is 53.7 Å². The molecule has 0 aromatic heterocycles. The molecule has 6 nitrogen and oxygen atoms in total. The molecule has 3 fully saturated rings. The zero-order valence-electron chi connectivity index (χ0n) is 12.4. The summed E-state index contributed by atoms with van der Waals surface area (Å²) in [6, 6.07) is 0.630. The lowest BCUT2D eigenvalue weighted by Crippen LogP contribution is -2.48. The van der Waals surface area contributed by atoms with Crippen molar-refractivity contribution in [3.05, 3.63) is 0 Å². The third kappa shape index (κ3) is 3.15. The summed E-state index contributed by atoms with van der Waals surface area (Å²) >= 11 is 0. The number of nitrogens with zero attached hydrogens (tertiary/aromatic N) is 1. The van der Waals surface area contributed by atoms with Crippen LogP contribution in [0.15, 0.2) is 0 Å². The molecule has 0 radical (unpaired) electrons. The van der Waals surface area contributed by atoms with Gasteiger partial charge in [0.05, 0.1) is 5.92 Å². The van der Waals surface area contributed by atoms with Crippen LogP contribution in [0.1, 0.15) is 38.5 Å². The normalized spacial score (nSPS) is 35.6. The molecule has 2 amide bonds. The number of urea groups is 1. The summed E-state index contributed by atoms with van der Waals surface area (Å²) in [4.78, 5) is 25.6. The number of carboxylic acids is 1. The Labute approximate surface area is 125 Å². The van der Waals surface area contributed by atoms with Crippen molar-refractivity contribution in [3.8, 4) is 0 Å². The maximum absolute atomic E-state index is 12.0. The van der Waals surface area contributed by atoms with Gasteiger partial charge in [0.1, 0.15) is 0 Å². The highest BCUT2D eigenvalue weighted by molar-refractivity contribution is 5.75. The molecule has 1 saturated carbocycles. The Bertz CT molecular complexity index is 415. The summed E-state index contributed by atoms with van der Waals surface area (Å²) < 4.78 is 0. The highest BCUT2D eigenvalue weighted by Crippen LogP contribution is 2.31. The quantitative estimate of drug-likeness (QED) is 0.723. The first kappa shape index (κ1) is 14.6. The van der Waals surface area contributed by atoms with Gasteiger partial charge in [0.15, 0.2) is 0 Å². The fourth-order valence-electron chi connectivity index (χ4n) is 4.30. The van der Waals surface area contributed by atoms with Gasteiger partial charge in [-0.15, -0.1) is 0 Å². The van der Waals surface area contributed by atoms with Gasteiger partial charge in [0.2, 0.25) is 0 Å². The standard InChI is InChI=1S/C15H25N3O3/c19-14(20)11-4-1-3-10(11)9-16-15(21)17-12-6-8-18-7-2-5-13(12)18/h10-13H,1-9H2,(H,19,20)(H2,16,17,21). The monoisotopic (exact) mass is 295 g/mol. The SMILES string of the molecule is O=C(NCC1CCCC1C(=O)O)NC1CCN2CCCC12. The summed E-state index contributed by atoms with van der Waals surface area (Å²) in [7, 11) is 0. The Morgan fingerprint density at radius 2 is 1.95 bits per heavy atom. The lowest BCUT2D eigenvalue weighted by molar-refractivity contribution is -0.142. The molecule has 2 aliphatic heterocycles. The van der Waals surface area contributed by atoms with Crippen molar-refractivity contribution in [2.24, 2.45) is 11.8 Å². The lowest BCUT2D eigenvalue weighted by atomic mass is 9.96. The first-order chi connectivity index (χ1) is 10.1. The van der Waals surface area contributed by atoms with Gasteiger partial charge in [-0.1, -0.05) is 6.42 Å². The Morgan fingerprint density at radius 3 is 2.76 bits per heavy atom. The number of hydrogen-bond donors (Lipinski definition) is 3. The minimum absolute atomic E-state index is 0.0832. The molecule has 1 aliphatic carbocycles. The van der Waals surface area contributed by atoms with Crippen LogP contribution in [0.25, 0.3) is 0 Å². The van der Waals surface area contributed by atoms with Crippen molar-refractivity contribution < 1.29 is 14.7 Å². The van der Waals surface area contributed by atoms with E-state index in [4.69, 9.17) is 5.11 Å². The topological polar surface area (TPSA) is 81.7 Å². The molecule has 3 N–H and O–H groups in total. The molecule has 21 heavy (non-hydrogen) atoms. The molecular weight excluding hydrogens is 270 g/mol. The highest BCUT2D eigenvalue weighted by atomic mass is 16.4. The van der Waals surface area contributed by atoms with Gasteiger partial charge >= 0.3 is 12.0 Å². The Kier molecular flexibility index (Phi) is 4.33. The number of rotatable bonds is 4. The molecule has 6 heteroatoms. The smallest absolute Gasteiger partial charge is 0.315 e. The predicted molar refractivity (Wildman–Crippen MR) is 78.0 cm³/mol. The van der Waals surface area contributed by atoms with E-state index in [0.29, 0.717) is 12.6 Å². The second-order valence-electron chi connectivity index (χ2n) is 6.63. The molecule has 0 bridgehead atoms. The number of carbonyl (C=O) groups is 2. The van der Waals surface area contributed by atoms with E-state index in [9.17, 15) is 9.59 Å². The van der Waals surface area contributed by atoms with Gasteiger partial charge in [0.25, 0.3) is 0 Å². The van der Waals surface area contributed by atoms with Crippen molar-refractivity contribution in [3.63, 3.8) is 0 Å². The van der Waals surface area contributed by atoms with Crippen LogP contribution in [-0.2, 0) is 4.79 Å². The number of amides is 2. The number of carbonyl (C=O) groups excluding carboxylic acids is 1. The second-order valence-corrected chi connectivity index (χ2v) is 6.63. The zero-order valence-corrected chi connectivity index (χ0v) is 12.4. The summed E-state index contributed by atoms with van der Waals surface area (Å²) in [5.74, 6) is -0.931. The third-order valence-corrected chi connectivity index (χ3v) is 5.42. The van der Waals surface area contributed by atoms with Crippen LogP contribution in [0, 0.1) is 11.8 Å². The van der Waals surface area contributed by atoms with Crippen LogP contribution in [0.5, 0.6) is 0 Å². The molecule has 2 saturated heterocycles. The van der Waals surface area contributed by atoms with E-state index >= 15 is 0 Å². The van der Waals surface area contributed by atoms with Gasteiger partial charge in [-0.2, -0.15) is 0 Å². The van der Waals surface area contributed by atoms with Gasteiger partial charge in [-0.05, 0) is 44.6 Å². The van der Waals surface area contributed by atoms with E-state index in [1.807, 2.05) is 0 Å². The number of carboxylic acid groups (broad SMARTS) is 1. The van der Waals surface area contributed by atoms with E-state index < -0.39 is 5.97 Å². The summed E-state index contributed by atoms with van der Waals surface area (Å²) in [6.45, 7) is 2.72. The van der Waals surface area contributed by atoms with Crippen molar-refractivity contribution >= 4 is 12.0 Å². The molecule has 0 aromatic carbocycles. The molecule has 4 unspecified atom stereocenters. The Morgan fingerprint density at radius 1 is 1.10 bits per heavy atom. The summed E-state index contributed by atoms with van der Waals surface area (Å²) in [6.07, 6.45) is 6.02. The second kappa shape index (κ2) is 6.22. The average Bonchev–Trinajstić information content (AvgIpc) is 3.13. The molecule has 4 atom stereocenters. The first-order valence-corrected chi connectivity index (χ1v) is 8.16. The minimum Gasteiger partial charge on any atom is -0.481 e. The molecule has 2 heterocycles. The van der Waals surface area contributed by atoms with E-state index in [-0.39, 0.29) is 23.9 Å². The number of fused-ring (bicyclic) bond motifs is 1. The lowest BCUT2D eigenvalue weighted by Gasteiger charge is -2.22. The summed E-state index contributed by atoms with van der Waals surface area (Å²) in [5.41, 5.74) is 0. The highest BCUT2D eigenvalue weighted by Gasteiger charge is 2.38. The minimum atomic E-state index is -0.725. The summed E-state index contributed by atoms with van der Waals surface area (Å²) in [5, 5.41) is 15.1. The van der Waals surface area contributed by atoms with Crippen molar-refractivity contribution in [2.75, 3.05) is 19.6 Å². The van der Waals surface area contributed by atoms with E-state index in [1.54, 1.807) is 0 Å². The van der Waals surface area contributed by atoms with Gasteiger partial charge in [-0.3, -0.25) is 9.69 Å². The number of aliphatic carboxylic acids is 1. The van der Waals surface area contributed by atoms with Crippen molar-refractivity contribution in [2.45, 2.75) is 50.6 Å². The van der Waals surface area contributed by atoms with E-state index in [0.717, 1.165) is 38.8 Å². The molecule has 0 spiro atoms. The molecule has 3 rings (SSSR count). The zero-order chi connectivity index (χ0) is 14.8. The van der Waals surface area contributed by atoms with Crippen molar-refractivity contribution in [1.82, 2.24) is 15.5 Å². The molecular formula is C15H25N3O3. The largest absolute Gasteiger partial charge is 0.481 e. The number of nitrogens with one attached hydrogen (secondary N) is 2. The van der Waals surface area contributed by atoms with E-state index in [2.05, 4.69) is 15.5 Å². The van der Waals surface area contributed by atoms with Crippen LogP contribution in [0.3, 0.4) is 0 Å². The fraction of sp³-hybridized carbons (Fsp3) is 0.867. The predicted octanol–water partition coefficient (Wildman–Crippen LogP) is 1.02. The maximum Gasteiger partial charge on any atom is 0.315 e. The van der Waals surface area contributed by atoms with E-state index in [1.165, 1.54) is 12.8 Å². The van der Waals surface area contributed by atoms with Gasteiger partial charge in [-0.25, -0.2) is 4.79 Å². The molecule has 3 aliphatic rings. The van der Waals surface area contributed by atoms with Crippen LogP contribution in [0.2, 0.25) is 0 Å². The van der Waals surface area contributed by atoms with Crippen LogP contribution in [0.4, 0.5) is 4.79 Å². The molecule has 118 valence electrons. The number of hydrogen-bond acceptors (Lipinski definition) is 3. The van der Waals surface area contributed by atoms with Crippen molar-refractivity contribution in [1.29, 1.82) is 0 Å². The third-order valence-electron chi connectivity index (χ3n) is 5.42. The average molecular weight is 295 g/mol. The van der Waals surface area contributed by atoms with Crippen LogP contribution < -0.4 is 10.6 Å². The Hall–Kier alpha value is -1.30. The van der Waals surface area contributed by atoms with Crippen LogP contribution >= 0.6 is 0 Å². The Balaban J connectivity index is 1.43. The molecule has 0 aromatic rings.